The largest absolute Gasteiger partial charge is 0.379 e. The van der Waals surface area contributed by atoms with Crippen LogP contribution in [0.25, 0.3) is 0 Å². The summed E-state index contributed by atoms with van der Waals surface area (Å²) in [5.74, 6) is 0.0479. The number of rotatable bonds is 9. The minimum Gasteiger partial charge on any atom is -0.379 e. The zero-order valence-electron chi connectivity index (χ0n) is 20.5. The molecular formula is C26H36N4O4S. The van der Waals surface area contributed by atoms with Gasteiger partial charge in [-0.3, -0.25) is 14.6 Å². The number of morpholine rings is 1. The standard InChI is InChI=1S/C26H36N4O4S/c1-2-35(32,33)30-11-9-28(10-12-30)21-24-7-4-8-25(18-24)26(31)27-19-22-5-3-6-23(17-22)20-29-13-15-34-16-14-29/h3-8,17-18H,2,9-16,19-21H2,1H3,(H,27,31). The number of amides is 1. The Hall–Kier alpha value is -2.30. The van der Waals surface area contributed by atoms with E-state index in [-0.39, 0.29) is 11.7 Å². The van der Waals surface area contributed by atoms with Crippen LogP contribution in [0.2, 0.25) is 0 Å². The van der Waals surface area contributed by atoms with Crippen molar-refractivity contribution in [2.45, 2.75) is 26.6 Å². The molecule has 0 aromatic heterocycles. The highest BCUT2D eigenvalue weighted by Crippen LogP contribution is 2.14. The number of nitrogens with zero attached hydrogens (tertiary/aromatic N) is 3. The lowest BCUT2D eigenvalue weighted by Gasteiger charge is -2.33. The van der Waals surface area contributed by atoms with E-state index in [1.807, 2.05) is 36.4 Å². The van der Waals surface area contributed by atoms with Crippen molar-refractivity contribution in [3.05, 3.63) is 70.8 Å². The molecule has 2 aliphatic heterocycles. The van der Waals surface area contributed by atoms with Gasteiger partial charge in [0.1, 0.15) is 0 Å². The second-order valence-corrected chi connectivity index (χ2v) is 11.4. The summed E-state index contributed by atoms with van der Waals surface area (Å²) in [4.78, 5) is 17.4. The first-order chi connectivity index (χ1) is 16.9. The van der Waals surface area contributed by atoms with Crippen LogP contribution < -0.4 is 5.32 Å². The fraction of sp³-hybridized carbons (Fsp3) is 0.500. The number of nitrogens with one attached hydrogen (secondary N) is 1. The third kappa shape index (κ3) is 7.35. The molecular weight excluding hydrogens is 464 g/mol. The first-order valence-corrected chi connectivity index (χ1v) is 14.0. The summed E-state index contributed by atoms with van der Waals surface area (Å²) in [6, 6.07) is 16.1. The summed E-state index contributed by atoms with van der Waals surface area (Å²) < 4.78 is 31.1. The van der Waals surface area contributed by atoms with E-state index in [0.29, 0.717) is 44.8 Å². The summed E-state index contributed by atoms with van der Waals surface area (Å²) in [7, 11) is -3.13. The molecule has 2 fully saturated rings. The highest BCUT2D eigenvalue weighted by atomic mass is 32.2. The van der Waals surface area contributed by atoms with Crippen LogP contribution in [0.5, 0.6) is 0 Å². The van der Waals surface area contributed by atoms with Crippen LogP contribution in [-0.4, -0.2) is 86.7 Å². The summed E-state index contributed by atoms with van der Waals surface area (Å²) >= 11 is 0. The van der Waals surface area contributed by atoms with Gasteiger partial charge in [0.05, 0.1) is 19.0 Å². The molecule has 2 aromatic carbocycles. The van der Waals surface area contributed by atoms with Gasteiger partial charge in [-0.15, -0.1) is 0 Å². The minimum atomic E-state index is -3.13. The third-order valence-electron chi connectivity index (χ3n) is 6.64. The van der Waals surface area contributed by atoms with Gasteiger partial charge in [0.2, 0.25) is 10.0 Å². The Bertz CT molecular complexity index is 1090. The van der Waals surface area contributed by atoms with Gasteiger partial charge in [0.15, 0.2) is 0 Å². The molecule has 0 spiro atoms. The topological polar surface area (TPSA) is 82.2 Å². The third-order valence-corrected chi connectivity index (χ3v) is 8.52. The Kier molecular flexibility index (Phi) is 8.91. The molecule has 0 atom stereocenters. The maximum absolute atomic E-state index is 12.8. The molecule has 0 saturated carbocycles. The first-order valence-electron chi connectivity index (χ1n) is 12.4. The van der Waals surface area contributed by atoms with Gasteiger partial charge in [-0.2, -0.15) is 4.31 Å². The number of hydrogen-bond acceptors (Lipinski definition) is 6. The molecule has 9 heteroatoms. The smallest absolute Gasteiger partial charge is 0.251 e. The molecule has 2 aliphatic rings. The molecule has 4 rings (SSSR count). The van der Waals surface area contributed by atoms with Crippen molar-refractivity contribution >= 4 is 15.9 Å². The van der Waals surface area contributed by atoms with E-state index in [1.165, 1.54) is 5.56 Å². The molecule has 1 N–H and O–H groups in total. The number of carbonyl (C=O) groups excluding carboxylic acids is 1. The molecule has 0 bridgehead atoms. The quantitative estimate of drug-likeness (QED) is 0.567. The van der Waals surface area contributed by atoms with Crippen molar-refractivity contribution in [1.29, 1.82) is 0 Å². The molecule has 190 valence electrons. The molecule has 0 unspecified atom stereocenters. The maximum atomic E-state index is 12.8. The lowest BCUT2D eigenvalue weighted by atomic mass is 10.1. The summed E-state index contributed by atoms with van der Waals surface area (Å²) in [5, 5.41) is 3.05. The van der Waals surface area contributed by atoms with Crippen molar-refractivity contribution < 1.29 is 17.9 Å². The van der Waals surface area contributed by atoms with E-state index in [0.717, 1.165) is 44.0 Å². The summed E-state index contributed by atoms with van der Waals surface area (Å²) in [5.41, 5.74) is 4.02. The molecule has 1 amide bonds. The Morgan fingerprint density at radius 3 is 2.14 bits per heavy atom. The normalized spacial score (nSPS) is 18.4. The van der Waals surface area contributed by atoms with Crippen LogP contribution in [0.3, 0.4) is 0 Å². The molecule has 0 aliphatic carbocycles. The highest BCUT2D eigenvalue weighted by molar-refractivity contribution is 7.89. The van der Waals surface area contributed by atoms with Crippen molar-refractivity contribution in [3.63, 3.8) is 0 Å². The summed E-state index contributed by atoms with van der Waals surface area (Å²) in [6.07, 6.45) is 0. The predicted octanol–water partition coefficient (Wildman–Crippen LogP) is 1.92. The van der Waals surface area contributed by atoms with Gasteiger partial charge in [-0.1, -0.05) is 36.4 Å². The molecule has 2 saturated heterocycles. The molecule has 0 radical (unpaired) electrons. The van der Waals surface area contributed by atoms with Crippen molar-refractivity contribution in [3.8, 4) is 0 Å². The number of carbonyl (C=O) groups is 1. The minimum absolute atomic E-state index is 0.0932. The zero-order valence-corrected chi connectivity index (χ0v) is 21.3. The predicted molar refractivity (Wildman–Crippen MR) is 136 cm³/mol. The fourth-order valence-electron chi connectivity index (χ4n) is 4.56. The van der Waals surface area contributed by atoms with Gasteiger partial charge < -0.3 is 10.1 Å². The monoisotopic (exact) mass is 500 g/mol. The Morgan fingerprint density at radius 1 is 0.857 bits per heavy atom. The maximum Gasteiger partial charge on any atom is 0.251 e. The molecule has 2 aromatic rings. The number of benzene rings is 2. The van der Waals surface area contributed by atoms with E-state index in [1.54, 1.807) is 11.2 Å². The number of ether oxygens (including phenoxy) is 1. The number of sulfonamides is 1. The van der Waals surface area contributed by atoms with E-state index < -0.39 is 10.0 Å². The van der Waals surface area contributed by atoms with Crippen LogP contribution in [0, 0.1) is 0 Å². The van der Waals surface area contributed by atoms with Gasteiger partial charge in [-0.25, -0.2) is 8.42 Å². The van der Waals surface area contributed by atoms with Crippen molar-refractivity contribution in [2.24, 2.45) is 0 Å². The average molecular weight is 501 g/mol. The first kappa shape index (κ1) is 25.8. The molecule has 35 heavy (non-hydrogen) atoms. The van der Waals surface area contributed by atoms with Crippen LogP contribution in [0.15, 0.2) is 48.5 Å². The zero-order chi connectivity index (χ0) is 24.7. The SMILES string of the molecule is CCS(=O)(=O)N1CCN(Cc2cccc(C(=O)NCc3cccc(CN4CCOCC4)c3)c2)CC1. The number of piperazine rings is 1. The Balaban J connectivity index is 1.28. The van der Waals surface area contributed by atoms with Crippen molar-refractivity contribution in [1.82, 2.24) is 19.4 Å². The van der Waals surface area contributed by atoms with Crippen LogP contribution >= 0.6 is 0 Å². The lowest BCUT2D eigenvalue weighted by Crippen LogP contribution is -2.48. The Morgan fingerprint density at radius 2 is 1.46 bits per heavy atom. The number of hydrogen-bond donors (Lipinski definition) is 1. The van der Waals surface area contributed by atoms with E-state index >= 15 is 0 Å². The van der Waals surface area contributed by atoms with Gasteiger partial charge >= 0.3 is 0 Å². The van der Waals surface area contributed by atoms with Crippen molar-refractivity contribution in [2.75, 3.05) is 58.2 Å². The van der Waals surface area contributed by atoms with Crippen LogP contribution in [0.1, 0.15) is 34.0 Å². The Labute approximate surface area is 208 Å². The highest BCUT2D eigenvalue weighted by Gasteiger charge is 2.25. The van der Waals surface area contributed by atoms with Gasteiger partial charge in [0, 0.05) is 64.5 Å². The molecule has 2 heterocycles. The van der Waals surface area contributed by atoms with E-state index in [9.17, 15) is 13.2 Å². The molecule has 8 nitrogen and oxygen atoms in total. The van der Waals surface area contributed by atoms with Gasteiger partial charge in [0.25, 0.3) is 5.91 Å². The second-order valence-electron chi connectivity index (χ2n) is 9.17. The average Bonchev–Trinajstić information content (AvgIpc) is 2.88. The second kappa shape index (κ2) is 12.1. The van der Waals surface area contributed by atoms with Crippen LogP contribution in [0.4, 0.5) is 0 Å². The van der Waals surface area contributed by atoms with Gasteiger partial charge in [-0.05, 0) is 35.7 Å². The van der Waals surface area contributed by atoms with E-state index in [4.69, 9.17) is 4.74 Å². The fourth-order valence-corrected chi connectivity index (χ4v) is 5.64. The lowest BCUT2D eigenvalue weighted by molar-refractivity contribution is 0.0342. The van der Waals surface area contributed by atoms with Crippen LogP contribution in [-0.2, 0) is 34.4 Å². The summed E-state index contributed by atoms with van der Waals surface area (Å²) in [6.45, 7) is 9.63. The van der Waals surface area contributed by atoms with E-state index in [2.05, 4.69) is 27.2 Å².